The Labute approximate surface area is 164 Å². The van der Waals surface area contributed by atoms with Crippen LogP contribution >= 0.6 is 0 Å². The summed E-state index contributed by atoms with van der Waals surface area (Å²) in [5.41, 5.74) is 1.08. The van der Waals surface area contributed by atoms with Crippen molar-refractivity contribution in [2.45, 2.75) is 18.9 Å². The summed E-state index contributed by atoms with van der Waals surface area (Å²) in [7, 11) is 0. The van der Waals surface area contributed by atoms with Crippen molar-refractivity contribution in [2.24, 2.45) is 5.92 Å². The van der Waals surface area contributed by atoms with Gasteiger partial charge in [0.15, 0.2) is 0 Å². The number of fused-ring (bicyclic) bond motifs is 2. The van der Waals surface area contributed by atoms with Crippen molar-refractivity contribution in [2.75, 3.05) is 37.6 Å². The first-order valence-electron chi connectivity index (χ1n) is 9.92. The molecule has 5 rings (SSSR count). The Kier molecular flexibility index (Phi) is 4.31. The van der Waals surface area contributed by atoms with E-state index >= 15 is 0 Å². The fourth-order valence-corrected chi connectivity index (χ4v) is 4.71. The molecule has 7 nitrogen and oxygen atoms in total. The fraction of sp³-hybridized carbons (Fsp3) is 0.429. The van der Waals surface area contributed by atoms with Crippen LogP contribution in [0.5, 0.6) is 0 Å². The van der Waals surface area contributed by atoms with Gasteiger partial charge >= 0.3 is 0 Å². The van der Waals surface area contributed by atoms with E-state index in [4.69, 9.17) is 0 Å². The van der Waals surface area contributed by atoms with Gasteiger partial charge in [-0.1, -0.05) is 12.1 Å². The molecule has 3 aliphatic rings. The number of carbonyl (C=O) groups excluding carboxylic acids is 2. The molecule has 7 heteroatoms. The number of imide groups is 1. The predicted octanol–water partition coefficient (Wildman–Crippen LogP) is 1.67. The molecule has 0 aliphatic carbocycles. The molecule has 1 aromatic heterocycles. The summed E-state index contributed by atoms with van der Waals surface area (Å²) in [5.74, 6) is 0.843. The number of piperidine rings is 1. The first kappa shape index (κ1) is 17.3. The lowest BCUT2D eigenvalue weighted by Gasteiger charge is -2.46. The minimum absolute atomic E-state index is 0.145. The third-order valence-electron chi connectivity index (χ3n) is 6.16. The van der Waals surface area contributed by atoms with Gasteiger partial charge in [0.2, 0.25) is 5.95 Å². The van der Waals surface area contributed by atoms with Crippen LogP contribution in [0, 0.1) is 5.92 Å². The highest BCUT2D eigenvalue weighted by molar-refractivity contribution is 6.21. The molecule has 3 aliphatic heterocycles. The molecule has 0 radical (unpaired) electrons. The van der Waals surface area contributed by atoms with Crippen LogP contribution in [0.25, 0.3) is 0 Å². The van der Waals surface area contributed by atoms with E-state index in [1.807, 2.05) is 18.2 Å². The smallest absolute Gasteiger partial charge is 0.261 e. The van der Waals surface area contributed by atoms with Gasteiger partial charge in [-0.15, -0.1) is 0 Å². The van der Waals surface area contributed by atoms with Crippen molar-refractivity contribution in [1.29, 1.82) is 0 Å². The summed E-state index contributed by atoms with van der Waals surface area (Å²) < 4.78 is 0. The van der Waals surface area contributed by atoms with Gasteiger partial charge in [0.1, 0.15) is 0 Å². The van der Waals surface area contributed by atoms with E-state index in [9.17, 15) is 9.59 Å². The van der Waals surface area contributed by atoms with Crippen LogP contribution in [-0.2, 0) is 0 Å². The van der Waals surface area contributed by atoms with Crippen molar-refractivity contribution in [1.82, 2.24) is 19.8 Å². The Hall–Kier alpha value is -2.80. The van der Waals surface area contributed by atoms with Gasteiger partial charge in [-0.05, 0) is 37.0 Å². The third kappa shape index (κ3) is 2.96. The second-order valence-corrected chi connectivity index (χ2v) is 7.85. The van der Waals surface area contributed by atoms with Crippen molar-refractivity contribution in [3.8, 4) is 0 Å². The average Bonchev–Trinajstić information content (AvgIpc) is 2.99. The van der Waals surface area contributed by atoms with Crippen LogP contribution < -0.4 is 4.90 Å². The Morgan fingerprint density at radius 1 is 0.893 bits per heavy atom. The van der Waals surface area contributed by atoms with E-state index in [1.165, 1.54) is 4.90 Å². The number of anilines is 1. The summed E-state index contributed by atoms with van der Waals surface area (Å²) >= 11 is 0. The average molecular weight is 377 g/mol. The van der Waals surface area contributed by atoms with Crippen molar-refractivity contribution < 1.29 is 9.59 Å². The summed E-state index contributed by atoms with van der Waals surface area (Å²) in [6.07, 6.45) is 5.66. The van der Waals surface area contributed by atoms with Gasteiger partial charge in [0.05, 0.1) is 11.1 Å². The zero-order valence-electron chi connectivity index (χ0n) is 15.7. The normalized spacial score (nSPS) is 25.0. The van der Waals surface area contributed by atoms with Crippen molar-refractivity contribution >= 4 is 17.8 Å². The molecule has 0 bridgehead atoms. The van der Waals surface area contributed by atoms with Gasteiger partial charge in [-0.25, -0.2) is 9.97 Å². The molecule has 1 aromatic carbocycles. The number of amides is 2. The largest absolute Gasteiger partial charge is 0.338 e. The van der Waals surface area contributed by atoms with Crippen molar-refractivity contribution in [3.05, 3.63) is 53.9 Å². The number of piperazine rings is 1. The van der Waals surface area contributed by atoms with Gasteiger partial charge in [0, 0.05) is 51.2 Å². The van der Waals surface area contributed by atoms with Gasteiger partial charge in [0.25, 0.3) is 11.8 Å². The van der Waals surface area contributed by atoms with Crippen LogP contribution in [0.1, 0.15) is 33.6 Å². The number of rotatable bonds is 3. The van der Waals surface area contributed by atoms with E-state index in [-0.39, 0.29) is 11.8 Å². The van der Waals surface area contributed by atoms with E-state index in [2.05, 4.69) is 19.8 Å². The molecule has 4 heterocycles. The summed E-state index contributed by atoms with van der Waals surface area (Å²) in [6, 6.07) is 9.44. The lowest BCUT2D eigenvalue weighted by Crippen LogP contribution is -2.57. The first-order valence-corrected chi connectivity index (χ1v) is 9.92. The van der Waals surface area contributed by atoms with Gasteiger partial charge < -0.3 is 4.90 Å². The molecular formula is C21H23N5O2. The van der Waals surface area contributed by atoms with Crippen LogP contribution in [0.15, 0.2) is 42.7 Å². The highest BCUT2D eigenvalue weighted by atomic mass is 16.2. The minimum Gasteiger partial charge on any atom is -0.338 e. The van der Waals surface area contributed by atoms with Gasteiger partial charge in [-0.2, -0.15) is 0 Å². The van der Waals surface area contributed by atoms with Crippen LogP contribution in [0.2, 0.25) is 0 Å². The predicted molar refractivity (Wildman–Crippen MR) is 104 cm³/mol. The molecule has 2 fully saturated rings. The van der Waals surface area contributed by atoms with Crippen LogP contribution in [0.4, 0.5) is 5.95 Å². The molecular weight excluding hydrogens is 354 g/mol. The fourth-order valence-electron chi connectivity index (χ4n) is 4.71. The first-order chi connectivity index (χ1) is 13.7. The molecule has 0 spiro atoms. The summed E-state index contributed by atoms with van der Waals surface area (Å²) in [4.78, 5) is 40.2. The van der Waals surface area contributed by atoms with Crippen molar-refractivity contribution in [3.63, 3.8) is 0 Å². The quantitative estimate of drug-likeness (QED) is 0.758. The second kappa shape index (κ2) is 6.98. The Morgan fingerprint density at radius 3 is 2.32 bits per heavy atom. The monoisotopic (exact) mass is 377 g/mol. The molecule has 2 saturated heterocycles. The highest BCUT2D eigenvalue weighted by Crippen LogP contribution is 2.29. The van der Waals surface area contributed by atoms with Crippen LogP contribution in [-0.4, -0.2) is 70.3 Å². The Balaban J connectivity index is 1.22. The number of hydrogen-bond donors (Lipinski definition) is 0. The lowest BCUT2D eigenvalue weighted by atomic mass is 9.90. The molecule has 2 aromatic rings. The number of aromatic nitrogens is 2. The number of nitrogens with zero attached hydrogens (tertiary/aromatic N) is 5. The molecule has 2 amide bonds. The second-order valence-electron chi connectivity index (χ2n) is 7.85. The Morgan fingerprint density at radius 2 is 1.61 bits per heavy atom. The maximum absolute atomic E-state index is 12.6. The number of benzene rings is 1. The molecule has 0 unspecified atom stereocenters. The zero-order valence-corrected chi connectivity index (χ0v) is 15.7. The Bertz CT molecular complexity index is 868. The van der Waals surface area contributed by atoms with E-state index in [1.54, 1.807) is 24.5 Å². The molecule has 2 atom stereocenters. The topological polar surface area (TPSA) is 69.6 Å². The van der Waals surface area contributed by atoms with E-state index in [0.29, 0.717) is 29.6 Å². The molecule has 144 valence electrons. The number of carbonyl (C=O) groups is 2. The molecule has 28 heavy (non-hydrogen) atoms. The summed E-state index contributed by atoms with van der Waals surface area (Å²) in [6.45, 7) is 4.24. The highest BCUT2D eigenvalue weighted by Gasteiger charge is 2.39. The van der Waals surface area contributed by atoms with E-state index in [0.717, 1.165) is 45.0 Å². The molecule has 0 N–H and O–H groups in total. The lowest BCUT2D eigenvalue weighted by molar-refractivity contribution is 0.0520. The minimum atomic E-state index is -0.145. The van der Waals surface area contributed by atoms with Gasteiger partial charge in [-0.3, -0.25) is 19.4 Å². The SMILES string of the molecule is O=C1c2ccccc2C(=O)N1C[C@H]1CC[C@H]2CN(c3ncccn3)CCN2C1. The summed E-state index contributed by atoms with van der Waals surface area (Å²) in [5, 5.41) is 0. The number of hydrogen-bond acceptors (Lipinski definition) is 6. The third-order valence-corrected chi connectivity index (χ3v) is 6.16. The van der Waals surface area contributed by atoms with Crippen LogP contribution in [0.3, 0.4) is 0 Å². The molecule has 0 saturated carbocycles. The standard InChI is InChI=1S/C21H23N5O2/c27-19-17-4-1-2-5-18(17)20(28)26(19)13-15-6-7-16-14-25(11-10-24(16)12-15)21-22-8-3-9-23-21/h1-5,8-9,15-16H,6-7,10-14H2/t15-,16-/m0/s1. The van der Waals surface area contributed by atoms with E-state index < -0.39 is 0 Å². The zero-order chi connectivity index (χ0) is 19.1. The maximum Gasteiger partial charge on any atom is 0.261 e. The maximum atomic E-state index is 12.6.